The second-order valence-corrected chi connectivity index (χ2v) is 8.37. The third-order valence-electron chi connectivity index (χ3n) is 5.49. The fourth-order valence-corrected chi connectivity index (χ4v) is 3.72. The molecule has 2 aromatic carbocycles. The predicted octanol–water partition coefficient (Wildman–Crippen LogP) is 0.997. The molecule has 3 atom stereocenters. The van der Waals surface area contributed by atoms with Gasteiger partial charge in [0.2, 0.25) is 17.7 Å². The molecule has 0 aliphatic rings. The molecule has 3 aromatic rings. The summed E-state index contributed by atoms with van der Waals surface area (Å²) in [4.78, 5) is 56.7. The number of aromatic nitrogens is 2. The SMILES string of the molecule is CC(=O)N[C@@H](Cc1ccccc1)C(=O)N[C@@H](Cc1ccccc1)C(=O)N[C@@H](Cc1cnc[nH]1)C(=O)O. The number of carboxylic acids is 1. The Kier molecular flexibility index (Phi) is 9.33. The number of rotatable bonds is 12. The Labute approximate surface area is 208 Å². The molecule has 0 fully saturated rings. The van der Waals surface area contributed by atoms with Crippen molar-refractivity contribution in [3.63, 3.8) is 0 Å². The van der Waals surface area contributed by atoms with Gasteiger partial charge >= 0.3 is 5.97 Å². The first-order chi connectivity index (χ1) is 17.3. The number of imidazole rings is 1. The van der Waals surface area contributed by atoms with Crippen molar-refractivity contribution >= 4 is 23.7 Å². The molecule has 10 heteroatoms. The zero-order valence-electron chi connectivity index (χ0n) is 19.8. The van der Waals surface area contributed by atoms with Gasteiger partial charge in [-0.15, -0.1) is 0 Å². The summed E-state index contributed by atoms with van der Waals surface area (Å²) in [6, 6.07) is 15.0. The lowest BCUT2D eigenvalue weighted by atomic mass is 10.0. The van der Waals surface area contributed by atoms with Crippen LogP contribution in [0.3, 0.4) is 0 Å². The molecule has 0 aliphatic heterocycles. The average Bonchev–Trinajstić information content (AvgIpc) is 3.37. The summed E-state index contributed by atoms with van der Waals surface area (Å²) in [5.74, 6) is -2.81. The van der Waals surface area contributed by atoms with Crippen LogP contribution < -0.4 is 16.0 Å². The lowest BCUT2D eigenvalue weighted by Crippen LogP contribution is -2.57. The van der Waals surface area contributed by atoms with Gasteiger partial charge in [-0.2, -0.15) is 0 Å². The molecular formula is C26H29N5O5. The van der Waals surface area contributed by atoms with Gasteiger partial charge in [0.05, 0.1) is 6.33 Å². The van der Waals surface area contributed by atoms with Crippen molar-refractivity contribution in [2.45, 2.75) is 44.3 Å². The molecular weight excluding hydrogens is 462 g/mol. The van der Waals surface area contributed by atoms with Crippen LogP contribution in [0.25, 0.3) is 0 Å². The predicted molar refractivity (Wildman–Crippen MR) is 132 cm³/mol. The quantitative estimate of drug-likeness (QED) is 0.255. The number of benzene rings is 2. The summed E-state index contributed by atoms with van der Waals surface area (Å²) in [6.45, 7) is 1.31. The number of amides is 3. The van der Waals surface area contributed by atoms with E-state index in [4.69, 9.17) is 0 Å². The van der Waals surface area contributed by atoms with Gasteiger partial charge in [0.1, 0.15) is 18.1 Å². The minimum Gasteiger partial charge on any atom is -0.480 e. The van der Waals surface area contributed by atoms with Crippen molar-refractivity contribution < 1.29 is 24.3 Å². The maximum absolute atomic E-state index is 13.2. The van der Waals surface area contributed by atoms with Crippen LogP contribution in [0.15, 0.2) is 73.2 Å². The first kappa shape index (κ1) is 26.1. The molecule has 3 amide bonds. The van der Waals surface area contributed by atoms with Crippen LogP contribution in [0.5, 0.6) is 0 Å². The molecule has 36 heavy (non-hydrogen) atoms. The number of carbonyl (C=O) groups excluding carboxylic acids is 3. The number of H-pyrrole nitrogens is 1. The van der Waals surface area contributed by atoms with Crippen LogP contribution in [-0.2, 0) is 38.4 Å². The van der Waals surface area contributed by atoms with E-state index in [9.17, 15) is 24.3 Å². The molecule has 0 radical (unpaired) electrons. The zero-order valence-corrected chi connectivity index (χ0v) is 19.8. The molecule has 3 rings (SSSR count). The Balaban J connectivity index is 1.79. The van der Waals surface area contributed by atoms with Crippen LogP contribution in [0.2, 0.25) is 0 Å². The van der Waals surface area contributed by atoms with Gasteiger partial charge in [0.15, 0.2) is 0 Å². The maximum atomic E-state index is 13.2. The average molecular weight is 492 g/mol. The molecule has 188 valence electrons. The number of aromatic amines is 1. The topological polar surface area (TPSA) is 153 Å². The minimum atomic E-state index is -1.23. The standard InChI is InChI=1S/C26H29N5O5/c1-17(32)29-21(12-18-8-4-2-5-9-18)24(33)30-22(13-19-10-6-3-7-11-19)25(34)31-23(26(35)36)14-20-15-27-16-28-20/h2-11,15-16,21-23H,12-14H2,1H3,(H,27,28)(H,29,32)(H,30,33)(H,31,34)(H,35,36)/t21-,22-,23-/m0/s1. The monoisotopic (exact) mass is 491 g/mol. The largest absolute Gasteiger partial charge is 0.480 e. The van der Waals surface area contributed by atoms with Crippen LogP contribution in [0.1, 0.15) is 23.7 Å². The second-order valence-electron chi connectivity index (χ2n) is 8.37. The molecule has 0 spiro atoms. The number of nitrogens with one attached hydrogen (secondary N) is 4. The number of nitrogens with zero attached hydrogens (tertiary/aromatic N) is 1. The van der Waals surface area contributed by atoms with Crippen molar-refractivity contribution in [1.82, 2.24) is 25.9 Å². The smallest absolute Gasteiger partial charge is 0.326 e. The van der Waals surface area contributed by atoms with Crippen LogP contribution in [0.4, 0.5) is 0 Å². The molecule has 0 saturated heterocycles. The molecule has 10 nitrogen and oxygen atoms in total. The number of aliphatic carboxylic acids is 1. The maximum Gasteiger partial charge on any atom is 0.326 e. The molecule has 0 bridgehead atoms. The van der Waals surface area contributed by atoms with Gasteiger partial charge < -0.3 is 26.0 Å². The molecule has 1 aromatic heterocycles. The first-order valence-corrected chi connectivity index (χ1v) is 11.5. The molecule has 1 heterocycles. The van der Waals surface area contributed by atoms with E-state index in [1.807, 2.05) is 36.4 Å². The Morgan fingerprint density at radius 2 is 1.28 bits per heavy atom. The highest BCUT2D eigenvalue weighted by atomic mass is 16.4. The van der Waals surface area contributed by atoms with E-state index in [0.717, 1.165) is 11.1 Å². The molecule has 5 N–H and O–H groups in total. The fraction of sp³-hybridized carbons (Fsp3) is 0.269. The van der Waals surface area contributed by atoms with E-state index in [-0.39, 0.29) is 25.2 Å². The Morgan fingerprint density at radius 1 is 0.778 bits per heavy atom. The van der Waals surface area contributed by atoms with E-state index >= 15 is 0 Å². The second kappa shape index (κ2) is 12.8. The summed E-state index contributed by atoms with van der Waals surface area (Å²) >= 11 is 0. The van der Waals surface area contributed by atoms with E-state index in [0.29, 0.717) is 5.69 Å². The summed E-state index contributed by atoms with van der Waals surface area (Å²) < 4.78 is 0. The van der Waals surface area contributed by atoms with Crippen LogP contribution in [-0.4, -0.2) is 56.9 Å². The van der Waals surface area contributed by atoms with Crippen molar-refractivity contribution in [1.29, 1.82) is 0 Å². The summed E-state index contributed by atoms with van der Waals surface area (Å²) in [6.07, 6.45) is 3.25. The minimum absolute atomic E-state index is 0.00436. The number of hydrogen-bond donors (Lipinski definition) is 5. The molecule has 0 unspecified atom stereocenters. The third-order valence-corrected chi connectivity index (χ3v) is 5.49. The highest BCUT2D eigenvalue weighted by molar-refractivity contribution is 5.93. The van der Waals surface area contributed by atoms with E-state index < -0.39 is 35.9 Å². The van der Waals surface area contributed by atoms with Gasteiger partial charge in [-0.3, -0.25) is 14.4 Å². The Bertz CT molecular complexity index is 1150. The molecule has 0 aliphatic carbocycles. The fourth-order valence-electron chi connectivity index (χ4n) is 3.72. The Morgan fingerprint density at radius 3 is 1.72 bits per heavy atom. The third kappa shape index (κ3) is 8.08. The van der Waals surface area contributed by atoms with Crippen molar-refractivity contribution in [2.75, 3.05) is 0 Å². The lowest BCUT2D eigenvalue weighted by Gasteiger charge is -2.24. The Hall–Kier alpha value is -4.47. The normalized spacial score (nSPS) is 13.1. The number of carboxylic acid groups (broad SMARTS) is 1. The highest BCUT2D eigenvalue weighted by Crippen LogP contribution is 2.08. The highest BCUT2D eigenvalue weighted by Gasteiger charge is 2.30. The zero-order chi connectivity index (χ0) is 25.9. The van der Waals surface area contributed by atoms with E-state index in [2.05, 4.69) is 25.9 Å². The number of carbonyl (C=O) groups is 4. The first-order valence-electron chi connectivity index (χ1n) is 11.5. The van der Waals surface area contributed by atoms with Crippen molar-refractivity contribution in [3.8, 4) is 0 Å². The van der Waals surface area contributed by atoms with Crippen LogP contribution in [0, 0.1) is 0 Å². The van der Waals surface area contributed by atoms with Crippen LogP contribution >= 0.6 is 0 Å². The van der Waals surface area contributed by atoms with E-state index in [1.54, 1.807) is 24.3 Å². The summed E-state index contributed by atoms with van der Waals surface area (Å²) in [5.41, 5.74) is 2.15. The van der Waals surface area contributed by atoms with Gasteiger partial charge in [0, 0.05) is 38.1 Å². The molecule has 0 saturated carbocycles. The van der Waals surface area contributed by atoms with Crippen molar-refractivity contribution in [3.05, 3.63) is 90.0 Å². The number of hydrogen-bond acceptors (Lipinski definition) is 5. The summed E-state index contributed by atoms with van der Waals surface area (Å²) in [5, 5.41) is 17.5. The lowest BCUT2D eigenvalue weighted by molar-refractivity contribution is -0.142. The van der Waals surface area contributed by atoms with E-state index in [1.165, 1.54) is 19.4 Å². The van der Waals surface area contributed by atoms with Gasteiger partial charge in [-0.05, 0) is 11.1 Å². The van der Waals surface area contributed by atoms with Crippen molar-refractivity contribution in [2.24, 2.45) is 0 Å². The van der Waals surface area contributed by atoms with Gasteiger partial charge in [-0.1, -0.05) is 60.7 Å². The van der Waals surface area contributed by atoms with Gasteiger partial charge in [-0.25, -0.2) is 9.78 Å². The van der Waals surface area contributed by atoms with Gasteiger partial charge in [0.25, 0.3) is 0 Å². The summed E-state index contributed by atoms with van der Waals surface area (Å²) in [7, 11) is 0.